The Morgan fingerprint density at radius 3 is 2.76 bits per heavy atom. The van der Waals surface area contributed by atoms with Crippen LogP contribution in [-0.4, -0.2) is 81.2 Å². The SMILES string of the molecule is CN(CC(=O)N[C@H]1COC[C@H]1CS(=O)(=O)N(C)C)Cc1cccnc1. The van der Waals surface area contributed by atoms with Gasteiger partial charge in [-0.05, 0) is 18.7 Å². The van der Waals surface area contributed by atoms with Crippen molar-refractivity contribution in [3.05, 3.63) is 30.1 Å². The van der Waals surface area contributed by atoms with Crippen LogP contribution in [-0.2, 0) is 26.1 Å². The van der Waals surface area contributed by atoms with Crippen LogP contribution >= 0.6 is 0 Å². The summed E-state index contributed by atoms with van der Waals surface area (Å²) >= 11 is 0. The van der Waals surface area contributed by atoms with Gasteiger partial charge in [-0.2, -0.15) is 0 Å². The topological polar surface area (TPSA) is 91.8 Å². The smallest absolute Gasteiger partial charge is 0.234 e. The first-order valence-corrected chi connectivity index (χ1v) is 9.73. The zero-order chi connectivity index (χ0) is 18.4. The zero-order valence-corrected chi connectivity index (χ0v) is 15.7. The summed E-state index contributed by atoms with van der Waals surface area (Å²) in [6.45, 7) is 1.51. The number of amides is 1. The average Bonchev–Trinajstić information content (AvgIpc) is 2.94. The van der Waals surface area contributed by atoms with Crippen LogP contribution in [0, 0.1) is 5.92 Å². The highest BCUT2D eigenvalue weighted by atomic mass is 32.2. The number of rotatable bonds is 8. The fourth-order valence-electron chi connectivity index (χ4n) is 2.70. The summed E-state index contributed by atoms with van der Waals surface area (Å²) in [5.74, 6) is -0.412. The molecule has 8 nitrogen and oxygen atoms in total. The van der Waals surface area contributed by atoms with Crippen LogP contribution in [0.4, 0.5) is 0 Å². The molecule has 1 aromatic heterocycles. The average molecular weight is 370 g/mol. The van der Waals surface area contributed by atoms with Crippen molar-refractivity contribution < 1.29 is 17.9 Å². The molecule has 1 aromatic rings. The van der Waals surface area contributed by atoms with Crippen LogP contribution in [0.1, 0.15) is 5.56 Å². The van der Waals surface area contributed by atoms with E-state index in [2.05, 4.69) is 10.3 Å². The highest BCUT2D eigenvalue weighted by molar-refractivity contribution is 7.89. The van der Waals surface area contributed by atoms with Crippen molar-refractivity contribution in [3.63, 3.8) is 0 Å². The van der Waals surface area contributed by atoms with Crippen LogP contribution in [0.3, 0.4) is 0 Å². The number of likely N-dealkylation sites (N-methyl/N-ethyl adjacent to an activating group) is 1. The van der Waals surface area contributed by atoms with Crippen molar-refractivity contribution >= 4 is 15.9 Å². The molecule has 1 fully saturated rings. The molecule has 1 N–H and O–H groups in total. The lowest BCUT2D eigenvalue weighted by atomic mass is 10.1. The number of nitrogens with zero attached hydrogens (tertiary/aromatic N) is 3. The molecule has 1 aliphatic heterocycles. The molecule has 0 bridgehead atoms. The van der Waals surface area contributed by atoms with Crippen molar-refractivity contribution in [1.82, 2.24) is 19.5 Å². The van der Waals surface area contributed by atoms with E-state index in [1.165, 1.54) is 18.4 Å². The van der Waals surface area contributed by atoms with Gasteiger partial charge in [0.2, 0.25) is 15.9 Å². The number of carbonyl (C=O) groups excluding carboxylic acids is 1. The Bertz CT molecular complexity index is 666. The molecule has 0 aliphatic carbocycles. The number of sulfonamides is 1. The number of hydrogen-bond donors (Lipinski definition) is 1. The summed E-state index contributed by atoms with van der Waals surface area (Å²) in [6.07, 6.45) is 3.47. The highest BCUT2D eigenvalue weighted by Gasteiger charge is 2.34. The minimum atomic E-state index is -3.33. The van der Waals surface area contributed by atoms with Crippen molar-refractivity contribution in [2.24, 2.45) is 5.92 Å². The Morgan fingerprint density at radius 1 is 1.36 bits per heavy atom. The predicted octanol–water partition coefficient (Wildman–Crippen LogP) is -0.464. The largest absolute Gasteiger partial charge is 0.379 e. The Kier molecular flexibility index (Phi) is 6.88. The van der Waals surface area contributed by atoms with Crippen molar-refractivity contribution in [2.75, 3.05) is 46.7 Å². The molecule has 0 unspecified atom stereocenters. The van der Waals surface area contributed by atoms with E-state index < -0.39 is 10.0 Å². The van der Waals surface area contributed by atoms with E-state index in [9.17, 15) is 13.2 Å². The zero-order valence-electron chi connectivity index (χ0n) is 14.9. The summed E-state index contributed by atoms with van der Waals surface area (Å²) in [5.41, 5.74) is 1.02. The maximum absolute atomic E-state index is 12.3. The number of ether oxygens (including phenoxy) is 1. The lowest BCUT2D eigenvalue weighted by Gasteiger charge is -2.22. The standard InChI is InChI=1S/C16H26N4O4S/c1-19(2)25(22,23)12-14-10-24-11-15(14)18-16(21)9-20(3)8-13-5-4-6-17-7-13/h4-7,14-15H,8-12H2,1-3H3,(H,18,21)/t14-,15-/m0/s1. The second-order valence-corrected chi connectivity index (χ2v) is 8.79. The molecule has 9 heteroatoms. The van der Waals surface area contributed by atoms with E-state index in [-0.39, 0.29) is 30.2 Å². The van der Waals surface area contributed by atoms with Gasteiger partial charge in [-0.1, -0.05) is 6.07 Å². The molecule has 2 rings (SSSR count). The van der Waals surface area contributed by atoms with E-state index in [0.717, 1.165) is 5.56 Å². The second kappa shape index (κ2) is 8.70. The first kappa shape index (κ1) is 19.8. The van der Waals surface area contributed by atoms with Gasteiger partial charge in [-0.15, -0.1) is 0 Å². The van der Waals surface area contributed by atoms with Gasteiger partial charge >= 0.3 is 0 Å². The number of hydrogen-bond acceptors (Lipinski definition) is 6. The molecule has 1 aliphatic rings. The summed E-state index contributed by atoms with van der Waals surface area (Å²) < 4.78 is 30.7. The lowest BCUT2D eigenvalue weighted by molar-refractivity contribution is -0.123. The van der Waals surface area contributed by atoms with Gasteiger partial charge in [0.1, 0.15) is 0 Å². The summed E-state index contributed by atoms with van der Waals surface area (Å²) in [7, 11) is 1.54. The van der Waals surface area contributed by atoms with Gasteiger partial charge in [0.05, 0.1) is 31.6 Å². The molecule has 0 spiro atoms. The molecule has 25 heavy (non-hydrogen) atoms. The van der Waals surface area contributed by atoms with Gasteiger partial charge in [0.15, 0.2) is 0 Å². The number of aromatic nitrogens is 1. The third kappa shape index (κ3) is 6.03. The fraction of sp³-hybridized carbons (Fsp3) is 0.625. The van der Waals surface area contributed by atoms with E-state index in [4.69, 9.17) is 4.74 Å². The molecule has 2 heterocycles. The van der Waals surface area contributed by atoms with Crippen LogP contribution < -0.4 is 5.32 Å². The summed E-state index contributed by atoms with van der Waals surface area (Å²) in [6, 6.07) is 3.53. The van der Waals surface area contributed by atoms with Gasteiger partial charge in [0.25, 0.3) is 0 Å². The van der Waals surface area contributed by atoms with Crippen LogP contribution in [0.5, 0.6) is 0 Å². The molecule has 1 amide bonds. The van der Waals surface area contributed by atoms with E-state index in [0.29, 0.717) is 19.8 Å². The molecule has 2 atom stereocenters. The predicted molar refractivity (Wildman–Crippen MR) is 94.3 cm³/mol. The number of carbonyl (C=O) groups is 1. The van der Waals surface area contributed by atoms with E-state index >= 15 is 0 Å². The Hall–Kier alpha value is -1.55. The molecule has 0 aromatic carbocycles. The Morgan fingerprint density at radius 2 is 2.12 bits per heavy atom. The number of nitrogens with one attached hydrogen (secondary N) is 1. The third-order valence-corrected chi connectivity index (χ3v) is 6.08. The molecule has 0 radical (unpaired) electrons. The second-order valence-electron chi connectivity index (χ2n) is 6.57. The first-order valence-electron chi connectivity index (χ1n) is 8.12. The van der Waals surface area contributed by atoms with Crippen LogP contribution in [0.2, 0.25) is 0 Å². The molecular formula is C16H26N4O4S. The van der Waals surface area contributed by atoms with Gasteiger partial charge in [0, 0.05) is 39.0 Å². The molecular weight excluding hydrogens is 344 g/mol. The normalized spacial score (nSPS) is 21.0. The van der Waals surface area contributed by atoms with Gasteiger partial charge in [-0.3, -0.25) is 14.7 Å². The quantitative estimate of drug-likeness (QED) is 0.666. The van der Waals surface area contributed by atoms with Crippen molar-refractivity contribution in [3.8, 4) is 0 Å². The monoisotopic (exact) mass is 370 g/mol. The van der Waals surface area contributed by atoms with E-state index in [1.807, 2.05) is 24.1 Å². The first-order chi connectivity index (χ1) is 11.8. The highest BCUT2D eigenvalue weighted by Crippen LogP contribution is 2.17. The van der Waals surface area contributed by atoms with Gasteiger partial charge < -0.3 is 10.1 Å². The summed E-state index contributed by atoms with van der Waals surface area (Å²) in [5, 5.41) is 2.90. The molecule has 0 saturated carbocycles. The minimum absolute atomic E-state index is 0.0313. The fourth-order valence-corrected chi connectivity index (χ4v) is 3.87. The Balaban J connectivity index is 1.84. The van der Waals surface area contributed by atoms with Crippen molar-refractivity contribution in [2.45, 2.75) is 12.6 Å². The third-order valence-electron chi connectivity index (χ3n) is 4.11. The van der Waals surface area contributed by atoms with Crippen LogP contribution in [0.15, 0.2) is 24.5 Å². The molecule has 1 saturated heterocycles. The minimum Gasteiger partial charge on any atom is -0.379 e. The van der Waals surface area contributed by atoms with Crippen LogP contribution in [0.25, 0.3) is 0 Å². The van der Waals surface area contributed by atoms with Crippen molar-refractivity contribution in [1.29, 1.82) is 0 Å². The van der Waals surface area contributed by atoms with E-state index in [1.54, 1.807) is 12.4 Å². The number of pyridine rings is 1. The molecule has 140 valence electrons. The lowest BCUT2D eigenvalue weighted by Crippen LogP contribution is -2.46. The Labute approximate surface area is 149 Å². The van der Waals surface area contributed by atoms with Gasteiger partial charge in [-0.25, -0.2) is 12.7 Å². The summed E-state index contributed by atoms with van der Waals surface area (Å²) in [4.78, 5) is 18.2. The maximum atomic E-state index is 12.3. The maximum Gasteiger partial charge on any atom is 0.234 e.